The lowest BCUT2D eigenvalue weighted by Crippen LogP contribution is -2.32. The first-order chi connectivity index (χ1) is 7.45. The monoisotopic (exact) mass is 224 g/mol. The molecule has 0 saturated heterocycles. The highest BCUT2D eigenvalue weighted by Crippen LogP contribution is 2.39. The zero-order chi connectivity index (χ0) is 12.2. The molecule has 0 amide bonds. The summed E-state index contributed by atoms with van der Waals surface area (Å²) in [7, 11) is 0. The number of amidine groups is 1. The van der Waals surface area contributed by atoms with Crippen molar-refractivity contribution in [3.63, 3.8) is 0 Å². The zero-order valence-corrected chi connectivity index (χ0v) is 11.4. The number of hydrogen-bond donors (Lipinski definition) is 1. The molecule has 0 unspecified atom stereocenters. The summed E-state index contributed by atoms with van der Waals surface area (Å²) < 4.78 is 0. The third-order valence-electron chi connectivity index (χ3n) is 3.89. The fraction of sp³-hybridized carbons (Fsp3) is 0.929. The molecular formula is C14H28N2. The van der Waals surface area contributed by atoms with Gasteiger partial charge in [-0.25, -0.2) is 0 Å². The maximum absolute atomic E-state index is 6.04. The van der Waals surface area contributed by atoms with Gasteiger partial charge in [0.05, 0.1) is 5.84 Å². The maximum Gasteiger partial charge on any atom is 0.0968 e. The average Bonchev–Trinajstić information content (AvgIpc) is 2.25. The minimum atomic E-state index is 0.459. The van der Waals surface area contributed by atoms with Crippen molar-refractivity contribution in [2.24, 2.45) is 28.0 Å². The van der Waals surface area contributed by atoms with E-state index in [0.717, 1.165) is 24.7 Å². The molecule has 2 nitrogen and oxygen atoms in total. The predicted molar refractivity (Wildman–Crippen MR) is 71.7 cm³/mol. The van der Waals surface area contributed by atoms with Gasteiger partial charge in [-0.15, -0.1) is 0 Å². The smallest absolute Gasteiger partial charge is 0.0968 e. The van der Waals surface area contributed by atoms with Crippen molar-refractivity contribution in [1.82, 2.24) is 0 Å². The molecule has 0 aromatic rings. The Morgan fingerprint density at radius 1 is 1.19 bits per heavy atom. The molecule has 0 heterocycles. The summed E-state index contributed by atoms with van der Waals surface area (Å²) in [5.41, 5.74) is 6.50. The predicted octanol–water partition coefficient (Wildman–Crippen LogP) is 3.61. The van der Waals surface area contributed by atoms with Gasteiger partial charge in [-0.2, -0.15) is 0 Å². The van der Waals surface area contributed by atoms with E-state index in [1.807, 2.05) is 0 Å². The van der Waals surface area contributed by atoms with E-state index in [9.17, 15) is 0 Å². The van der Waals surface area contributed by atoms with Crippen LogP contribution in [0.1, 0.15) is 59.8 Å². The molecule has 2 N–H and O–H groups in total. The fourth-order valence-corrected chi connectivity index (χ4v) is 2.63. The SMILES string of the molecule is CCCN=C(N)C1CCC(C(C)(C)C)CC1. The van der Waals surface area contributed by atoms with Gasteiger partial charge < -0.3 is 5.73 Å². The number of hydrogen-bond acceptors (Lipinski definition) is 1. The normalized spacial score (nSPS) is 28.1. The molecule has 0 aliphatic heterocycles. The summed E-state index contributed by atoms with van der Waals surface area (Å²) in [6.45, 7) is 10.1. The molecule has 0 spiro atoms. The molecule has 16 heavy (non-hydrogen) atoms. The summed E-state index contributed by atoms with van der Waals surface area (Å²) in [6.07, 6.45) is 6.20. The zero-order valence-electron chi connectivity index (χ0n) is 11.4. The second-order valence-electron chi connectivity index (χ2n) is 6.22. The lowest BCUT2D eigenvalue weighted by molar-refractivity contribution is 0.166. The molecule has 94 valence electrons. The van der Waals surface area contributed by atoms with Crippen LogP contribution in [0.25, 0.3) is 0 Å². The molecule has 1 saturated carbocycles. The standard InChI is InChI=1S/C14H28N2/c1-5-10-16-13(15)11-6-8-12(9-7-11)14(2,3)4/h11-12H,5-10H2,1-4H3,(H2,15,16). The van der Waals surface area contributed by atoms with Gasteiger partial charge in [-0.3, -0.25) is 4.99 Å². The van der Waals surface area contributed by atoms with Gasteiger partial charge in [0, 0.05) is 12.5 Å². The molecule has 0 aromatic carbocycles. The first-order valence-electron chi connectivity index (χ1n) is 6.75. The van der Waals surface area contributed by atoms with E-state index in [2.05, 4.69) is 32.7 Å². The highest BCUT2D eigenvalue weighted by atomic mass is 14.9. The van der Waals surface area contributed by atoms with Crippen molar-refractivity contribution in [2.45, 2.75) is 59.8 Å². The molecule has 1 fully saturated rings. The number of nitrogens with zero attached hydrogens (tertiary/aromatic N) is 1. The first-order valence-corrected chi connectivity index (χ1v) is 6.75. The van der Waals surface area contributed by atoms with E-state index in [1.165, 1.54) is 25.7 Å². The summed E-state index contributed by atoms with van der Waals surface area (Å²) in [6, 6.07) is 0. The van der Waals surface area contributed by atoms with Crippen LogP contribution < -0.4 is 5.73 Å². The third-order valence-corrected chi connectivity index (χ3v) is 3.89. The molecular weight excluding hydrogens is 196 g/mol. The molecule has 1 aliphatic rings. The highest BCUT2D eigenvalue weighted by molar-refractivity contribution is 5.82. The molecule has 0 bridgehead atoms. The van der Waals surface area contributed by atoms with Crippen LogP contribution in [0.4, 0.5) is 0 Å². The Bertz CT molecular complexity index is 230. The van der Waals surface area contributed by atoms with Gasteiger partial charge in [0.25, 0.3) is 0 Å². The van der Waals surface area contributed by atoms with E-state index in [1.54, 1.807) is 0 Å². The lowest BCUT2D eigenvalue weighted by atomic mass is 9.69. The largest absolute Gasteiger partial charge is 0.387 e. The van der Waals surface area contributed by atoms with Crippen LogP contribution in [0.2, 0.25) is 0 Å². The fourth-order valence-electron chi connectivity index (χ4n) is 2.63. The van der Waals surface area contributed by atoms with Crippen molar-refractivity contribution in [2.75, 3.05) is 6.54 Å². The van der Waals surface area contributed by atoms with Crippen molar-refractivity contribution >= 4 is 5.84 Å². The van der Waals surface area contributed by atoms with E-state index in [0.29, 0.717) is 11.3 Å². The van der Waals surface area contributed by atoms with Crippen molar-refractivity contribution in [3.05, 3.63) is 0 Å². The number of aliphatic imine (C=N–C) groups is 1. The van der Waals surface area contributed by atoms with E-state index >= 15 is 0 Å². The summed E-state index contributed by atoms with van der Waals surface area (Å²) in [4.78, 5) is 4.45. The van der Waals surface area contributed by atoms with Gasteiger partial charge in [0.15, 0.2) is 0 Å². The third kappa shape index (κ3) is 3.80. The first kappa shape index (κ1) is 13.5. The Hall–Kier alpha value is -0.530. The lowest BCUT2D eigenvalue weighted by Gasteiger charge is -2.36. The van der Waals surface area contributed by atoms with Crippen molar-refractivity contribution in [3.8, 4) is 0 Å². The van der Waals surface area contributed by atoms with Crippen LogP contribution >= 0.6 is 0 Å². The Morgan fingerprint density at radius 2 is 1.75 bits per heavy atom. The minimum absolute atomic E-state index is 0.459. The van der Waals surface area contributed by atoms with Crippen molar-refractivity contribution in [1.29, 1.82) is 0 Å². The highest BCUT2D eigenvalue weighted by Gasteiger charge is 2.30. The number of rotatable bonds is 3. The molecule has 1 rings (SSSR count). The minimum Gasteiger partial charge on any atom is -0.387 e. The molecule has 0 aromatic heterocycles. The van der Waals surface area contributed by atoms with E-state index in [4.69, 9.17) is 5.73 Å². The molecule has 2 heteroatoms. The Balaban J connectivity index is 2.43. The van der Waals surface area contributed by atoms with Gasteiger partial charge in [0.1, 0.15) is 0 Å². The topological polar surface area (TPSA) is 38.4 Å². The maximum atomic E-state index is 6.04. The second-order valence-corrected chi connectivity index (χ2v) is 6.22. The summed E-state index contributed by atoms with van der Waals surface area (Å²) >= 11 is 0. The van der Waals surface area contributed by atoms with E-state index in [-0.39, 0.29) is 0 Å². The molecule has 0 radical (unpaired) electrons. The quantitative estimate of drug-likeness (QED) is 0.577. The van der Waals surface area contributed by atoms with Crippen LogP contribution in [-0.4, -0.2) is 12.4 Å². The van der Waals surface area contributed by atoms with Crippen LogP contribution in [0.5, 0.6) is 0 Å². The van der Waals surface area contributed by atoms with Gasteiger partial charge in [-0.05, 0) is 43.4 Å². The average molecular weight is 224 g/mol. The van der Waals surface area contributed by atoms with Gasteiger partial charge >= 0.3 is 0 Å². The van der Waals surface area contributed by atoms with Crippen LogP contribution in [-0.2, 0) is 0 Å². The van der Waals surface area contributed by atoms with Crippen molar-refractivity contribution < 1.29 is 0 Å². The van der Waals surface area contributed by atoms with Gasteiger partial charge in [0.2, 0.25) is 0 Å². The Kier molecular flexibility index (Phi) is 4.82. The molecule has 1 aliphatic carbocycles. The second kappa shape index (κ2) is 5.70. The van der Waals surface area contributed by atoms with Crippen LogP contribution in [0.15, 0.2) is 4.99 Å². The van der Waals surface area contributed by atoms with Crippen LogP contribution in [0, 0.1) is 17.3 Å². The Labute approximate surface area is 101 Å². The molecule has 0 atom stereocenters. The Morgan fingerprint density at radius 3 is 2.19 bits per heavy atom. The number of nitrogens with two attached hydrogens (primary N) is 1. The van der Waals surface area contributed by atoms with Gasteiger partial charge in [-0.1, -0.05) is 27.7 Å². The van der Waals surface area contributed by atoms with E-state index < -0.39 is 0 Å². The van der Waals surface area contributed by atoms with Crippen LogP contribution in [0.3, 0.4) is 0 Å². The summed E-state index contributed by atoms with van der Waals surface area (Å²) in [5, 5.41) is 0. The summed E-state index contributed by atoms with van der Waals surface area (Å²) in [5.74, 6) is 2.34.